The molecule has 3 aromatic rings. The fourth-order valence-corrected chi connectivity index (χ4v) is 4.50. The van der Waals surface area contributed by atoms with Crippen molar-refractivity contribution in [2.24, 2.45) is 5.73 Å². The maximum Gasteiger partial charge on any atom is 0.260 e. The highest BCUT2D eigenvalue weighted by atomic mass is 32.1. The molecule has 4 rings (SSSR count). The number of anilines is 2. The molecule has 0 radical (unpaired) electrons. The summed E-state index contributed by atoms with van der Waals surface area (Å²) in [6, 6.07) is 5.42. The molecular formula is C20H23N5O4S. The Morgan fingerprint density at radius 2 is 1.80 bits per heavy atom. The summed E-state index contributed by atoms with van der Waals surface area (Å²) >= 11 is 1.15. The number of fused-ring (bicyclic) bond motifs is 1. The quantitative estimate of drug-likeness (QED) is 0.560. The Balaban J connectivity index is 1.95. The number of rotatable bonds is 5. The minimum absolute atomic E-state index is 0.252. The van der Waals surface area contributed by atoms with E-state index in [1.807, 2.05) is 17.0 Å². The van der Waals surface area contributed by atoms with Crippen LogP contribution in [-0.2, 0) is 0 Å². The van der Waals surface area contributed by atoms with E-state index in [1.165, 1.54) is 0 Å². The Hall–Kier alpha value is -3.11. The number of aliphatic hydroxyl groups excluding tert-OH is 1. The lowest BCUT2D eigenvalue weighted by Crippen LogP contribution is -2.36. The van der Waals surface area contributed by atoms with Crippen molar-refractivity contribution >= 4 is 39.1 Å². The van der Waals surface area contributed by atoms with E-state index >= 15 is 0 Å². The van der Waals surface area contributed by atoms with Gasteiger partial charge in [0, 0.05) is 24.7 Å². The molecule has 10 heteroatoms. The normalized spacial score (nSPS) is 14.8. The van der Waals surface area contributed by atoms with Crippen LogP contribution in [0.2, 0.25) is 0 Å². The Morgan fingerprint density at radius 3 is 2.37 bits per heavy atom. The van der Waals surface area contributed by atoms with Crippen molar-refractivity contribution in [3.05, 3.63) is 23.1 Å². The topological polar surface area (TPSA) is 137 Å². The summed E-state index contributed by atoms with van der Waals surface area (Å²) in [5.74, 6) is 1.11. The number of nitrogens with zero attached hydrogens (tertiary/aromatic N) is 3. The number of piperidine rings is 1. The first kappa shape index (κ1) is 20.2. The number of benzene rings is 1. The van der Waals surface area contributed by atoms with E-state index in [4.69, 9.17) is 25.9 Å². The molecule has 0 spiro atoms. The number of hydrogen-bond donors (Lipinski definition) is 3. The van der Waals surface area contributed by atoms with Crippen LogP contribution in [0.4, 0.5) is 11.6 Å². The lowest BCUT2D eigenvalue weighted by Gasteiger charge is -2.29. The first-order valence-corrected chi connectivity index (χ1v) is 10.3. The third-order valence-corrected chi connectivity index (χ3v) is 6.29. The van der Waals surface area contributed by atoms with Crippen LogP contribution in [-0.4, -0.2) is 54.4 Å². The minimum atomic E-state index is -0.604. The summed E-state index contributed by atoms with van der Waals surface area (Å²) in [6.45, 7) is 1.27. The van der Waals surface area contributed by atoms with Gasteiger partial charge < -0.3 is 30.9 Å². The Kier molecular flexibility index (Phi) is 5.35. The molecule has 158 valence electrons. The predicted octanol–water partition coefficient (Wildman–Crippen LogP) is 2.02. The molecule has 0 aliphatic carbocycles. The Morgan fingerprint density at radius 1 is 1.17 bits per heavy atom. The van der Waals surface area contributed by atoms with Gasteiger partial charge in [-0.25, -0.2) is 9.97 Å². The highest BCUT2D eigenvalue weighted by molar-refractivity contribution is 7.21. The lowest BCUT2D eigenvalue weighted by atomic mass is 10.1. The van der Waals surface area contributed by atoms with Crippen molar-refractivity contribution in [3.8, 4) is 22.8 Å². The summed E-state index contributed by atoms with van der Waals surface area (Å²) in [5.41, 5.74) is 13.4. The van der Waals surface area contributed by atoms with Crippen LogP contribution in [0.25, 0.3) is 21.5 Å². The summed E-state index contributed by atoms with van der Waals surface area (Å²) < 4.78 is 10.8. The summed E-state index contributed by atoms with van der Waals surface area (Å²) in [7, 11) is 3.14. The molecule has 5 N–H and O–H groups in total. The van der Waals surface area contributed by atoms with E-state index < -0.39 is 5.91 Å². The van der Waals surface area contributed by atoms with Gasteiger partial charge in [0.15, 0.2) is 0 Å². The number of thiophene rings is 1. The maximum absolute atomic E-state index is 11.9. The van der Waals surface area contributed by atoms with E-state index in [1.54, 1.807) is 20.3 Å². The molecule has 0 unspecified atom stereocenters. The van der Waals surface area contributed by atoms with Gasteiger partial charge >= 0.3 is 0 Å². The first-order chi connectivity index (χ1) is 14.4. The molecule has 1 aromatic carbocycles. The zero-order valence-corrected chi connectivity index (χ0v) is 17.5. The molecule has 0 atom stereocenters. The summed E-state index contributed by atoms with van der Waals surface area (Å²) in [6.07, 6.45) is 0.969. The van der Waals surface area contributed by atoms with E-state index in [9.17, 15) is 9.90 Å². The van der Waals surface area contributed by atoms with Gasteiger partial charge in [-0.3, -0.25) is 4.79 Å². The number of carbonyl (C=O) groups is 1. The number of primary amides is 1. The van der Waals surface area contributed by atoms with E-state index in [0.29, 0.717) is 59.3 Å². The largest absolute Gasteiger partial charge is 0.497 e. The number of carbonyl (C=O) groups excluding carboxylic acids is 1. The van der Waals surface area contributed by atoms with E-state index in [2.05, 4.69) is 4.98 Å². The number of ether oxygens (including phenoxy) is 2. The highest BCUT2D eigenvalue weighted by Gasteiger charge is 2.25. The van der Waals surface area contributed by atoms with Crippen LogP contribution >= 0.6 is 11.3 Å². The van der Waals surface area contributed by atoms with Crippen LogP contribution in [0.15, 0.2) is 18.2 Å². The second-order valence-corrected chi connectivity index (χ2v) is 8.08. The van der Waals surface area contributed by atoms with Crippen LogP contribution in [0.3, 0.4) is 0 Å². The standard InChI is InChI=1S/C20H23N5O4S/c1-28-12-7-10(8-13(9-12)29-2)16-14-15(21)17(18(22)27)30-19(14)24-20(23-16)25-5-3-11(26)4-6-25/h7-9,11,26H,3-6,21H2,1-2H3,(H2,22,27). The average Bonchev–Trinajstić information content (AvgIpc) is 3.10. The summed E-state index contributed by atoms with van der Waals surface area (Å²) in [4.78, 5) is 24.2. The van der Waals surface area contributed by atoms with Crippen LogP contribution in [0.1, 0.15) is 22.5 Å². The fourth-order valence-electron chi connectivity index (χ4n) is 3.55. The zero-order valence-electron chi connectivity index (χ0n) is 16.7. The molecule has 1 saturated heterocycles. The lowest BCUT2D eigenvalue weighted by molar-refractivity contribution is 0.100. The Labute approximate surface area is 177 Å². The van der Waals surface area contributed by atoms with E-state index in [-0.39, 0.29) is 16.7 Å². The van der Waals surface area contributed by atoms with Crippen LogP contribution < -0.4 is 25.8 Å². The fraction of sp³-hybridized carbons (Fsp3) is 0.350. The third-order valence-electron chi connectivity index (χ3n) is 5.17. The molecule has 1 amide bonds. The van der Waals surface area contributed by atoms with Crippen molar-refractivity contribution < 1.29 is 19.4 Å². The van der Waals surface area contributed by atoms with Gasteiger partial charge in [0.2, 0.25) is 5.95 Å². The molecule has 3 heterocycles. The van der Waals surface area contributed by atoms with Crippen molar-refractivity contribution in [3.63, 3.8) is 0 Å². The van der Waals surface area contributed by atoms with Crippen LogP contribution in [0, 0.1) is 0 Å². The van der Waals surface area contributed by atoms with E-state index in [0.717, 1.165) is 16.9 Å². The second kappa shape index (κ2) is 7.96. The minimum Gasteiger partial charge on any atom is -0.497 e. The first-order valence-electron chi connectivity index (χ1n) is 9.47. The molecule has 9 nitrogen and oxygen atoms in total. The Bertz CT molecular complexity index is 1090. The van der Waals surface area contributed by atoms with Gasteiger partial charge in [-0.1, -0.05) is 0 Å². The zero-order chi connectivity index (χ0) is 21.4. The third kappa shape index (κ3) is 3.59. The highest BCUT2D eigenvalue weighted by Crippen LogP contribution is 2.41. The van der Waals surface area contributed by atoms with Crippen molar-refractivity contribution in [2.75, 3.05) is 37.9 Å². The van der Waals surface area contributed by atoms with Gasteiger partial charge in [-0.2, -0.15) is 0 Å². The molecule has 2 aromatic heterocycles. The second-order valence-electron chi connectivity index (χ2n) is 7.08. The number of aliphatic hydroxyl groups is 1. The number of amides is 1. The van der Waals surface area contributed by atoms with Gasteiger partial charge in [-0.15, -0.1) is 11.3 Å². The van der Waals surface area contributed by atoms with Gasteiger partial charge in [0.05, 0.1) is 37.1 Å². The molecule has 1 fully saturated rings. The molecule has 0 bridgehead atoms. The van der Waals surface area contributed by atoms with Crippen molar-refractivity contribution in [1.29, 1.82) is 0 Å². The van der Waals surface area contributed by atoms with Crippen molar-refractivity contribution in [1.82, 2.24) is 9.97 Å². The number of nitrogens with two attached hydrogens (primary N) is 2. The average molecular weight is 430 g/mol. The number of methoxy groups -OCH3 is 2. The number of hydrogen-bond acceptors (Lipinski definition) is 9. The maximum atomic E-state index is 11.9. The van der Waals surface area contributed by atoms with Gasteiger partial charge in [0.1, 0.15) is 21.2 Å². The number of aromatic nitrogens is 2. The van der Waals surface area contributed by atoms with Gasteiger partial charge in [-0.05, 0) is 25.0 Å². The monoisotopic (exact) mass is 429 g/mol. The predicted molar refractivity (Wildman–Crippen MR) is 116 cm³/mol. The van der Waals surface area contributed by atoms with Crippen LogP contribution in [0.5, 0.6) is 11.5 Å². The molecule has 0 saturated carbocycles. The number of nitrogen functional groups attached to an aromatic ring is 1. The molecular weight excluding hydrogens is 406 g/mol. The molecule has 1 aliphatic heterocycles. The van der Waals surface area contributed by atoms with Crippen molar-refractivity contribution in [2.45, 2.75) is 18.9 Å². The molecule has 30 heavy (non-hydrogen) atoms. The smallest absolute Gasteiger partial charge is 0.260 e. The summed E-state index contributed by atoms with van der Waals surface area (Å²) in [5, 5.41) is 10.4. The van der Waals surface area contributed by atoms with Gasteiger partial charge in [0.25, 0.3) is 5.91 Å². The SMILES string of the molecule is COc1cc(OC)cc(-c2nc(N3CCC(O)CC3)nc3sc(C(N)=O)c(N)c23)c1. The molecule has 1 aliphatic rings.